The van der Waals surface area contributed by atoms with Crippen molar-refractivity contribution in [1.29, 1.82) is 5.26 Å². The number of methoxy groups -OCH3 is 1. The van der Waals surface area contributed by atoms with Crippen LogP contribution in [0.25, 0.3) is 11.3 Å². The first-order valence-electron chi connectivity index (χ1n) is 10.7. The maximum absolute atomic E-state index is 11.2. The fraction of sp³-hybridized carbons (Fsp3) is 0.250. The van der Waals surface area contributed by atoms with Crippen LogP contribution in [0.2, 0.25) is 5.02 Å². The summed E-state index contributed by atoms with van der Waals surface area (Å²) in [6, 6.07) is 10.8. The summed E-state index contributed by atoms with van der Waals surface area (Å²) in [6.45, 7) is 1.87. The van der Waals surface area contributed by atoms with Gasteiger partial charge in [-0.25, -0.2) is 9.97 Å². The predicted octanol–water partition coefficient (Wildman–Crippen LogP) is 2.79. The molecule has 0 saturated carbocycles. The van der Waals surface area contributed by atoms with Crippen LogP contribution in [0, 0.1) is 11.3 Å². The molecule has 3 aromatic rings. The van der Waals surface area contributed by atoms with Gasteiger partial charge in [-0.15, -0.1) is 0 Å². The van der Waals surface area contributed by atoms with Gasteiger partial charge in [0, 0.05) is 34.4 Å². The second-order valence-electron chi connectivity index (χ2n) is 8.36. The molecule has 1 atom stereocenters. The smallest absolute Gasteiger partial charge is 0.329 e. The van der Waals surface area contributed by atoms with Crippen LogP contribution in [0.1, 0.15) is 23.6 Å². The quantitative estimate of drug-likeness (QED) is 0.322. The van der Waals surface area contributed by atoms with Gasteiger partial charge in [0.15, 0.2) is 0 Å². The van der Waals surface area contributed by atoms with Gasteiger partial charge in [-0.05, 0) is 41.5 Å². The lowest BCUT2D eigenvalue weighted by Gasteiger charge is -2.23. The van der Waals surface area contributed by atoms with Gasteiger partial charge in [-0.1, -0.05) is 18.5 Å². The summed E-state index contributed by atoms with van der Waals surface area (Å²) in [7, 11) is 2.87. The van der Waals surface area contributed by atoms with Gasteiger partial charge in [-0.3, -0.25) is 0 Å². The number of halogens is 1. The molecular formula is C24H22BClN5O4. The summed E-state index contributed by atoms with van der Waals surface area (Å²) >= 11 is 6.24. The number of aliphatic hydroxyl groups is 2. The summed E-state index contributed by atoms with van der Waals surface area (Å²) in [4.78, 5) is 21.7. The van der Waals surface area contributed by atoms with Crippen LogP contribution in [0.5, 0.6) is 5.75 Å². The lowest BCUT2D eigenvalue weighted by Crippen LogP contribution is -2.36. The minimum atomic E-state index is -0.664. The number of fused-ring (bicyclic) bond motifs is 1. The molecular weight excluding hydrogens is 469 g/mol. The molecule has 0 saturated heterocycles. The molecule has 1 unspecified atom stereocenters. The topological polar surface area (TPSA) is 132 Å². The Kier molecular flexibility index (Phi) is 6.94. The Balaban J connectivity index is 1.76. The Labute approximate surface area is 208 Å². The number of carbonyl (C=O) groups is 1. The molecule has 2 aromatic carbocycles. The number of rotatable bonds is 8. The van der Waals surface area contributed by atoms with Crippen LogP contribution in [0.4, 0.5) is 17.3 Å². The zero-order valence-corrected chi connectivity index (χ0v) is 19.9. The Hall–Kier alpha value is -3.65. The normalized spacial score (nSPS) is 16.4. The molecule has 0 amide bonds. The number of hydrogen-bond donors (Lipinski definition) is 3. The van der Waals surface area contributed by atoms with E-state index in [0.717, 1.165) is 5.56 Å². The van der Waals surface area contributed by atoms with E-state index < -0.39 is 5.41 Å². The highest BCUT2D eigenvalue weighted by Crippen LogP contribution is 2.44. The van der Waals surface area contributed by atoms with Crippen molar-refractivity contribution in [3.8, 4) is 23.1 Å². The Morgan fingerprint density at radius 3 is 2.83 bits per heavy atom. The third-order valence-electron chi connectivity index (χ3n) is 6.01. The van der Waals surface area contributed by atoms with Crippen LogP contribution >= 0.6 is 11.6 Å². The van der Waals surface area contributed by atoms with Crippen LogP contribution < -0.4 is 14.9 Å². The van der Waals surface area contributed by atoms with Crippen molar-refractivity contribution in [3.05, 3.63) is 58.2 Å². The largest absolute Gasteiger partial charge is 0.495 e. The van der Waals surface area contributed by atoms with Crippen LogP contribution in [-0.4, -0.2) is 54.0 Å². The van der Waals surface area contributed by atoms with Gasteiger partial charge < -0.3 is 29.9 Å². The number of nitrogens with one attached hydrogen (secondary N) is 1. The monoisotopic (exact) mass is 490 g/mol. The van der Waals surface area contributed by atoms with E-state index in [1.54, 1.807) is 35.3 Å². The predicted molar refractivity (Wildman–Crippen MR) is 134 cm³/mol. The van der Waals surface area contributed by atoms with E-state index in [1.165, 1.54) is 14.5 Å². The first-order valence-corrected chi connectivity index (χ1v) is 11.1. The van der Waals surface area contributed by atoms with E-state index >= 15 is 0 Å². The zero-order chi connectivity index (χ0) is 25.2. The number of nitrogens with zero attached hydrogens (tertiary/aromatic N) is 4. The molecule has 11 heteroatoms. The molecule has 177 valence electrons. The standard InChI is InChI=1S/C24H22BClN5O4/c1-24(12-33)11-31(25-13-34)22-15(9-27)5-14(6-17(22)24)19-3-4-28-23(29-19)30-20-8-18(26)16(10-32)7-21(20)35-2/h3-8,13,32-33H,10-12H2,1-2H3,(H,28,29,30). The number of aliphatic hydroxyl groups excluding tert-OH is 2. The van der Waals surface area contributed by atoms with Gasteiger partial charge in [0.05, 0.1) is 37.3 Å². The average Bonchev–Trinajstić information content (AvgIpc) is 3.16. The molecule has 2 heterocycles. The minimum absolute atomic E-state index is 0.154. The van der Waals surface area contributed by atoms with E-state index in [2.05, 4.69) is 21.4 Å². The van der Waals surface area contributed by atoms with Gasteiger partial charge in [0.2, 0.25) is 5.95 Å². The Morgan fingerprint density at radius 1 is 1.37 bits per heavy atom. The molecule has 0 bridgehead atoms. The van der Waals surface area contributed by atoms with Gasteiger partial charge in [-0.2, -0.15) is 5.26 Å². The lowest BCUT2D eigenvalue weighted by molar-refractivity contribution is 0.217. The van der Waals surface area contributed by atoms with E-state index in [0.29, 0.717) is 57.3 Å². The van der Waals surface area contributed by atoms with E-state index in [4.69, 9.17) is 16.3 Å². The highest BCUT2D eigenvalue weighted by molar-refractivity contribution is 6.70. The van der Waals surface area contributed by atoms with Crippen molar-refractivity contribution in [2.24, 2.45) is 0 Å². The number of nitriles is 1. The zero-order valence-electron chi connectivity index (χ0n) is 19.1. The number of aromatic nitrogens is 2. The molecule has 0 aliphatic carbocycles. The van der Waals surface area contributed by atoms with E-state index in [-0.39, 0.29) is 19.2 Å². The van der Waals surface area contributed by atoms with Crippen molar-refractivity contribution in [2.45, 2.75) is 18.9 Å². The second-order valence-corrected chi connectivity index (χ2v) is 8.76. The van der Waals surface area contributed by atoms with Gasteiger partial charge in [0.1, 0.15) is 18.0 Å². The minimum Gasteiger partial charge on any atom is -0.495 e. The Morgan fingerprint density at radius 2 is 2.17 bits per heavy atom. The lowest BCUT2D eigenvalue weighted by atomic mass is 9.83. The highest BCUT2D eigenvalue weighted by Gasteiger charge is 2.40. The number of ether oxygens (including phenoxy) is 1. The molecule has 35 heavy (non-hydrogen) atoms. The number of benzene rings is 2. The third kappa shape index (κ3) is 4.54. The van der Waals surface area contributed by atoms with Crippen LogP contribution in [0.15, 0.2) is 36.5 Å². The first-order chi connectivity index (χ1) is 16.9. The summed E-state index contributed by atoms with van der Waals surface area (Å²) < 4.78 is 5.40. The van der Waals surface area contributed by atoms with Gasteiger partial charge >= 0.3 is 7.41 Å². The molecule has 1 aliphatic rings. The van der Waals surface area contributed by atoms with Crippen molar-refractivity contribution >= 4 is 42.5 Å². The molecule has 0 fully saturated rings. The van der Waals surface area contributed by atoms with Crippen molar-refractivity contribution in [1.82, 2.24) is 9.97 Å². The van der Waals surface area contributed by atoms with E-state index in [1.807, 2.05) is 13.0 Å². The SMILES string of the molecule is COc1cc(CO)c(Cl)cc1Nc1nccc(-c2cc(C#N)c3c(c2)C(C)(CO)CN3[B]C=O)n1. The molecule has 3 N–H and O–H groups in total. The number of hydrogen-bond acceptors (Lipinski definition) is 9. The van der Waals surface area contributed by atoms with Gasteiger partial charge in [0.25, 0.3) is 0 Å². The molecule has 9 nitrogen and oxygen atoms in total. The maximum Gasteiger partial charge on any atom is 0.329 e. The second kappa shape index (κ2) is 9.92. The molecule has 1 aromatic heterocycles. The van der Waals surface area contributed by atoms with Crippen molar-refractivity contribution in [3.63, 3.8) is 0 Å². The first kappa shape index (κ1) is 24.5. The number of anilines is 3. The summed E-state index contributed by atoms with van der Waals surface area (Å²) in [5, 5.41) is 32.9. The fourth-order valence-electron chi connectivity index (χ4n) is 4.20. The maximum atomic E-state index is 11.2. The number of carbonyl (C=O) groups excluding carboxylic acids is 1. The summed E-state index contributed by atoms with van der Waals surface area (Å²) in [5.41, 5.74) is 3.34. The van der Waals surface area contributed by atoms with E-state index in [9.17, 15) is 20.3 Å². The summed E-state index contributed by atoms with van der Waals surface area (Å²) in [6.07, 6.45) is 2.25. The Bertz CT molecular complexity index is 1330. The molecule has 4 rings (SSSR count). The van der Waals surface area contributed by atoms with Crippen LogP contribution in [-0.2, 0) is 16.8 Å². The van der Waals surface area contributed by atoms with Crippen molar-refractivity contribution in [2.75, 3.05) is 30.4 Å². The van der Waals surface area contributed by atoms with Crippen molar-refractivity contribution < 1.29 is 19.7 Å². The third-order valence-corrected chi connectivity index (χ3v) is 6.37. The van der Waals surface area contributed by atoms with Crippen LogP contribution in [0.3, 0.4) is 0 Å². The molecule has 1 radical (unpaired) electrons. The summed E-state index contributed by atoms with van der Waals surface area (Å²) in [5.74, 6) is 0.732. The fourth-order valence-corrected chi connectivity index (χ4v) is 4.42. The molecule has 1 aliphatic heterocycles. The average molecular weight is 491 g/mol. The highest BCUT2D eigenvalue weighted by atomic mass is 35.5. The molecule has 0 spiro atoms.